The number of sulfonamides is 1. The number of ether oxygens (including phenoxy) is 2. The molecule has 67 heavy (non-hydrogen) atoms. The van der Waals surface area contributed by atoms with Crippen LogP contribution in [0.15, 0.2) is 89.5 Å². The maximum atomic E-state index is 14.4. The average Bonchev–Trinajstić information content (AvgIpc) is 3.66. The molecule has 4 heterocycles. The maximum Gasteiger partial charge on any atom is 0.312 e. The molecule has 1 amide bonds. The number of carbonyl (C=O) groups excluding carboxylic acids is 1. The number of pyridine rings is 1. The smallest absolute Gasteiger partial charge is 0.312 e. The molecule has 5 aromatic rings. The fourth-order valence-corrected chi connectivity index (χ4v) is 11.0. The third-order valence-electron chi connectivity index (χ3n) is 13.9. The molecule has 0 atom stereocenters. The van der Waals surface area contributed by atoms with Crippen LogP contribution in [0.4, 0.5) is 22.7 Å². The predicted octanol–water partition coefficient (Wildman–Crippen LogP) is 9.27. The Labute approximate surface area is 396 Å². The highest BCUT2D eigenvalue weighted by molar-refractivity contribution is 7.90. The quantitative estimate of drug-likeness (QED) is 0.0797. The summed E-state index contributed by atoms with van der Waals surface area (Å²) >= 11 is 6.27. The SMILES string of the molecule is CC1(C)CCC(CN2CCN(c3ccc(C(=O)NS(=O)(=O)c4ccc(OC[C@H]5CC[C@@](C)(O)CC5)c([N+](=O)[O-])c4)c(N4CCCOc5nc6[nH]ccc6cc54)c3)CC2)=C(c2ccc(Cl)cc2)C1. The van der Waals surface area contributed by atoms with E-state index in [0.717, 1.165) is 74.1 Å². The monoisotopic (exact) mass is 951 g/mol. The Morgan fingerprint density at radius 2 is 1.75 bits per heavy atom. The minimum Gasteiger partial charge on any atom is -0.487 e. The first-order valence-corrected chi connectivity index (χ1v) is 25.0. The van der Waals surface area contributed by atoms with Gasteiger partial charge in [-0.15, -0.1) is 0 Å². The molecule has 9 rings (SSSR count). The van der Waals surface area contributed by atoms with Crippen molar-refractivity contribution in [3.05, 3.63) is 111 Å². The fraction of sp³-hybridized carbons (Fsp3) is 0.440. The molecule has 0 radical (unpaired) electrons. The number of aromatic amines is 1. The van der Waals surface area contributed by atoms with Crippen LogP contribution in [-0.4, -0.2) is 97.3 Å². The van der Waals surface area contributed by atoms with E-state index in [4.69, 9.17) is 26.1 Å². The van der Waals surface area contributed by atoms with Gasteiger partial charge in [-0.3, -0.25) is 19.8 Å². The van der Waals surface area contributed by atoms with E-state index >= 15 is 0 Å². The van der Waals surface area contributed by atoms with Gasteiger partial charge in [0.1, 0.15) is 11.3 Å². The van der Waals surface area contributed by atoms with Gasteiger partial charge in [0, 0.05) is 67.6 Å². The molecule has 2 aromatic heterocycles. The van der Waals surface area contributed by atoms with Crippen LogP contribution >= 0.6 is 11.6 Å². The number of carbonyl (C=O) groups is 1. The van der Waals surface area contributed by atoms with E-state index in [1.165, 1.54) is 28.8 Å². The Morgan fingerprint density at radius 1 is 0.985 bits per heavy atom. The van der Waals surface area contributed by atoms with Crippen LogP contribution in [0.25, 0.3) is 16.6 Å². The van der Waals surface area contributed by atoms with Gasteiger partial charge in [0.05, 0.1) is 39.9 Å². The van der Waals surface area contributed by atoms with Crippen molar-refractivity contribution in [1.29, 1.82) is 0 Å². The number of H-pyrrole nitrogens is 1. The number of nitro benzene ring substituents is 1. The van der Waals surface area contributed by atoms with Crippen LogP contribution in [0.2, 0.25) is 5.02 Å². The molecule has 2 aliphatic carbocycles. The number of rotatable bonds is 12. The normalized spacial score (nSPS) is 21.4. The number of benzene rings is 3. The van der Waals surface area contributed by atoms with Crippen molar-refractivity contribution in [3.63, 3.8) is 0 Å². The van der Waals surface area contributed by atoms with E-state index in [0.29, 0.717) is 68.2 Å². The average molecular weight is 953 g/mol. The van der Waals surface area contributed by atoms with Gasteiger partial charge in [-0.05, 0) is 135 Å². The largest absolute Gasteiger partial charge is 0.487 e. The molecule has 4 aliphatic rings. The van der Waals surface area contributed by atoms with Gasteiger partial charge in [-0.2, -0.15) is 4.98 Å². The molecule has 2 fully saturated rings. The van der Waals surface area contributed by atoms with Crippen molar-refractivity contribution in [2.24, 2.45) is 11.3 Å². The Hall–Kier alpha value is -5.68. The molecule has 0 bridgehead atoms. The highest BCUT2D eigenvalue weighted by Crippen LogP contribution is 2.44. The van der Waals surface area contributed by atoms with E-state index in [-0.39, 0.29) is 29.3 Å². The summed E-state index contributed by atoms with van der Waals surface area (Å²) in [7, 11) is -4.62. The van der Waals surface area contributed by atoms with Gasteiger partial charge in [0.25, 0.3) is 15.9 Å². The number of piperazine rings is 1. The number of fused-ring (bicyclic) bond motifs is 2. The minimum atomic E-state index is -4.62. The standard InChI is InChI=1S/C50H58ClN7O8S/c1-49(2)17-15-36(41(30-49)34-5-7-37(51)8-6-34)31-55-22-24-56(25-23-55)38-9-11-40(42(28-38)57-21-4-26-65-48-44(57)27-35-16-20-52-46(35)53-48)47(59)54-67(63,64)39-10-12-45(43(29-39)58(61)62)66-32-33-13-18-50(3,60)19-14-33/h5-12,16,20,27-29,33,60H,4,13-15,17-19,21-26,30-32H2,1-3H3,(H,52,53)(H,54,59)/t33-,50+. The van der Waals surface area contributed by atoms with E-state index in [1.54, 1.807) is 19.2 Å². The Morgan fingerprint density at radius 3 is 2.49 bits per heavy atom. The second-order valence-electron chi connectivity index (χ2n) is 19.5. The molecule has 15 nitrogen and oxygen atoms in total. The number of nitro groups is 1. The molecular weight excluding hydrogens is 894 g/mol. The van der Waals surface area contributed by atoms with Gasteiger partial charge in [0.2, 0.25) is 5.88 Å². The molecule has 3 N–H and O–H groups in total. The number of anilines is 3. The summed E-state index contributed by atoms with van der Waals surface area (Å²) in [4.78, 5) is 40.1. The summed E-state index contributed by atoms with van der Waals surface area (Å²) in [5.41, 5.74) is 5.78. The fourth-order valence-electron chi connectivity index (χ4n) is 9.88. The topological polar surface area (TPSA) is 183 Å². The number of nitrogens with one attached hydrogen (secondary N) is 2. The number of hydrogen-bond donors (Lipinski definition) is 3. The van der Waals surface area contributed by atoms with Crippen molar-refractivity contribution in [1.82, 2.24) is 19.6 Å². The summed E-state index contributed by atoms with van der Waals surface area (Å²) in [6, 6.07) is 20.8. The molecule has 0 spiro atoms. The number of aromatic nitrogens is 2. The zero-order valence-electron chi connectivity index (χ0n) is 38.2. The number of nitrogens with zero attached hydrogens (tertiary/aromatic N) is 5. The Bertz CT molecular complexity index is 2810. The lowest BCUT2D eigenvalue weighted by atomic mass is 9.72. The molecule has 17 heteroatoms. The first-order valence-electron chi connectivity index (χ1n) is 23.2. The van der Waals surface area contributed by atoms with Crippen LogP contribution in [0.5, 0.6) is 11.6 Å². The van der Waals surface area contributed by atoms with Crippen molar-refractivity contribution in [2.45, 2.75) is 82.6 Å². The van der Waals surface area contributed by atoms with E-state index in [1.807, 2.05) is 41.3 Å². The number of hydrogen-bond acceptors (Lipinski definition) is 12. The van der Waals surface area contributed by atoms with Crippen LogP contribution in [0.1, 0.15) is 88.1 Å². The maximum absolute atomic E-state index is 14.4. The van der Waals surface area contributed by atoms with Crippen LogP contribution < -0.4 is 24.0 Å². The van der Waals surface area contributed by atoms with E-state index in [9.17, 15) is 28.4 Å². The van der Waals surface area contributed by atoms with Gasteiger partial charge in [0.15, 0.2) is 5.75 Å². The highest BCUT2D eigenvalue weighted by atomic mass is 35.5. The number of amides is 1. The second kappa shape index (κ2) is 18.8. The Balaban J connectivity index is 0.975. The van der Waals surface area contributed by atoms with Crippen molar-refractivity contribution in [3.8, 4) is 11.6 Å². The number of allylic oxidation sites excluding steroid dienone is 1. The van der Waals surface area contributed by atoms with Crippen molar-refractivity contribution in [2.75, 3.05) is 62.3 Å². The molecule has 0 unspecified atom stereocenters. The zero-order chi connectivity index (χ0) is 47.1. The number of halogens is 1. The van der Waals surface area contributed by atoms with Crippen molar-refractivity contribution < 1.29 is 32.7 Å². The van der Waals surface area contributed by atoms with Gasteiger partial charge in [-0.1, -0.05) is 43.2 Å². The lowest BCUT2D eigenvalue weighted by Crippen LogP contribution is -2.47. The van der Waals surface area contributed by atoms with Gasteiger partial charge in [-0.25, -0.2) is 13.1 Å². The first-order chi connectivity index (χ1) is 32.0. The molecular formula is C50H58ClN7O8S. The molecule has 1 saturated carbocycles. The molecule has 2 aliphatic heterocycles. The summed E-state index contributed by atoms with van der Waals surface area (Å²) in [5.74, 6) is -0.497. The first kappa shape index (κ1) is 46.4. The molecule has 3 aromatic carbocycles. The van der Waals surface area contributed by atoms with Crippen LogP contribution in [-0.2, 0) is 10.0 Å². The minimum absolute atomic E-state index is 0.0729. The number of aliphatic hydroxyl groups is 1. The second-order valence-corrected chi connectivity index (χ2v) is 21.7. The lowest BCUT2D eigenvalue weighted by Gasteiger charge is -2.39. The summed E-state index contributed by atoms with van der Waals surface area (Å²) in [6.45, 7) is 11.5. The summed E-state index contributed by atoms with van der Waals surface area (Å²) in [6.07, 6.45) is 8.17. The van der Waals surface area contributed by atoms with Gasteiger partial charge >= 0.3 is 5.69 Å². The summed E-state index contributed by atoms with van der Waals surface area (Å²) < 4.78 is 42.1. The van der Waals surface area contributed by atoms with E-state index in [2.05, 4.69) is 45.5 Å². The highest BCUT2D eigenvalue weighted by Gasteiger charge is 2.33. The molecule has 354 valence electrons. The van der Waals surface area contributed by atoms with Crippen LogP contribution in [0.3, 0.4) is 0 Å². The summed E-state index contributed by atoms with van der Waals surface area (Å²) in [5, 5.41) is 24.1. The van der Waals surface area contributed by atoms with E-state index < -0.39 is 37.0 Å². The zero-order valence-corrected chi connectivity index (χ0v) is 39.8. The molecule has 1 saturated heterocycles. The third kappa shape index (κ3) is 10.4. The lowest BCUT2D eigenvalue weighted by molar-refractivity contribution is -0.386. The van der Waals surface area contributed by atoms with Crippen LogP contribution in [0, 0.1) is 21.4 Å². The Kier molecular flexibility index (Phi) is 13.0. The third-order valence-corrected chi connectivity index (χ3v) is 15.5. The predicted molar refractivity (Wildman–Crippen MR) is 260 cm³/mol. The van der Waals surface area contributed by atoms with Crippen molar-refractivity contribution >= 4 is 66.9 Å². The van der Waals surface area contributed by atoms with Gasteiger partial charge < -0.3 is 29.4 Å².